The summed E-state index contributed by atoms with van der Waals surface area (Å²) in [5, 5.41) is 0. The lowest BCUT2D eigenvalue weighted by molar-refractivity contribution is 0.402. The number of fused-ring (bicyclic) bond motifs is 6. The molecular formula is C62H65BN2. The molecule has 0 saturated heterocycles. The summed E-state index contributed by atoms with van der Waals surface area (Å²) >= 11 is 0. The first-order valence-electron chi connectivity index (χ1n) is 25.4. The van der Waals surface area contributed by atoms with Gasteiger partial charge in [-0.3, -0.25) is 0 Å². The van der Waals surface area contributed by atoms with Gasteiger partial charge in [-0.1, -0.05) is 167 Å². The number of aryl methyl sites for hydroxylation is 2. The predicted octanol–water partition coefficient (Wildman–Crippen LogP) is 14.9. The van der Waals surface area contributed by atoms with Gasteiger partial charge < -0.3 is 9.80 Å². The Morgan fingerprint density at radius 3 is 1.58 bits per heavy atom. The van der Waals surface area contributed by atoms with Crippen molar-refractivity contribution in [1.29, 1.82) is 0 Å². The van der Waals surface area contributed by atoms with Gasteiger partial charge in [-0.25, -0.2) is 0 Å². The number of nitrogens with zero attached hydrogens (tertiary/aromatic N) is 2. The van der Waals surface area contributed by atoms with E-state index < -0.39 is 6.85 Å². The maximum Gasteiger partial charge on any atom is 0.252 e. The average Bonchev–Trinajstić information content (AvgIpc) is 3.57. The molecule has 65 heavy (non-hydrogen) atoms. The normalized spacial score (nSPS) is 18.8. The van der Waals surface area contributed by atoms with E-state index in [1.807, 2.05) is 12.1 Å². The van der Waals surface area contributed by atoms with Crippen LogP contribution in [0.2, 0.25) is 0 Å². The second-order valence-corrected chi connectivity index (χ2v) is 23.5. The lowest BCUT2D eigenvalue weighted by atomic mass is 9.33. The summed E-state index contributed by atoms with van der Waals surface area (Å²) < 4.78 is 27.6. The highest BCUT2D eigenvalue weighted by atomic mass is 15.2. The van der Waals surface area contributed by atoms with Gasteiger partial charge in [-0.2, -0.15) is 0 Å². The molecule has 2 aliphatic carbocycles. The molecule has 326 valence electrons. The van der Waals surface area contributed by atoms with E-state index in [1.165, 1.54) is 44.3 Å². The Hall–Kier alpha value is -5.80. The van der Waals surface area contributed by atoms with Crippen LogP contribution in [0.15, 0.2) is 133 Å². The molecule has 2 aliphatic heterocycles. The highest BCUT2D eigenvalue weighted by Crippen LogP contribution is 2.56. The molecule has 4 aliphatic rings. The van der Waals surface area contributed by atoms with E-state index in [1.54, 1.807) is 0 Å². The first kappa shape index (κ1) is 38.5. The lowest BCUT2D eigenvalue weighted by Crippen LogP contribution is -2.61. The van der Waals surface area contributed by atoms with Crippen molar-refractivity contribution in [2.75, 3.05) is 9.80 Å². The van der Waals surface area contributed by atoms with Gasteiger partial charge in [0.2, 0.25) is 0 Å². The van der Waals surface area contributed by atoms with Crippen molar-refractivity contribution >= 4 is 57.2 Å². The van der Waals surface area contributed by atoms with Crippen molar-refractivity contribution in [3.8, 4) is 22.3 Å². The molecule has 2 heterocycles. The van der Waals surface area contributed by atoms with Crippen LogP contribution in [-0.4, -0.2) is 6.71 Å². The number of benzene rings is 7. The molecule has 0 N–H and O–H groups in total. The number of anilines is 6. The smallest absolute Gasteiger partial charge is 0.252 e. The fraction of sp³-hybridized carbons (Fsp3) is 0.323. The molecule has 0 atom stereocenters. The summed E-state index contributed by atoms with van der Waals surface area (Å²) in [6.07, 6.45) is 2.09. The van der Waals surface area contributed by atoms with E-state index in [2.05, 4.69) is 214 Å². The molecule has 0 amide bonds. The second kappa shape index (κ2) is 13.9. The topological polar surface area (TPSA) is 6.48 Å². The van der Waals surface area contributed by atoms with Crippen molar-refractivity contribution in [3.05, 3.63) is 172 Å². The van der Waals surface area contributed by atoms with Crippen LogP contribution in [0.3, 0.4) is 0 Å². The Morgan fingerprint density at radius 1 is 0.477 bits per heavy atom. The van der Waals surface area contributed by atoms with Gasteiger partial charge in [-0.05, 0) is 168 Å². The van der Waals surface area contributed by atoms with E-state index in [0.29, 0.717) is 5.56 Å². The van der Waals surface area contributed by atoms with E-state index >= 15 is 0 Å². The standard InChI is InChI=1S/C62H65BN2/c1-38-28-55-57-56(29-38)65(52-34-47-45(30-39(52)2)59(6,7)36-61(47,10)11)53-31-42(40-20-16-14-17-21-40)24-26-49(53)63(57)50-33-46-48(62(12,13)37-60(46,8)9)35-54(50)64(55)51-27-25-43(58(3,4)5)32-44(51)41-22-18-15-19-23-41/h14-35H,36-37H2,1-13H3/i1D3. The van der Waals surface area contributed by atoms with Crippen LogP contribution >= 0.6 is 0 Å². The van der Waals surface area contributed by atoms with Gasteiger partial charge in [-0.15, -0.1) is 0 Å². The molecule has 0 aromatic heterocycles. The van der Waals surface area contributed by atoms with Crippen LogP contribution in [0.5, 0.6) is 0 Å². The van der Waals surface area contributed by atoms with Gasteiger partial charge in [0, 0.05) is 38.1 Å². The monoisotopic (exact) mass is 852 g/mol. The van der Waals surface area contributed by atoms with Crippen LogP contribution in [0.25, 0.3) is 22.3 Å². The Labute approximate surface area is 394 Å². The quantitative estimate of drug-likeness (QED) is 0.163. The zero-order valence-electron chi connectivity index (χ0n) is 43.6. The zero-order valence-corrected chi connectivity index (χ0v) is 40.6. The molecule has 0 saturated carbocycles. The molecule has 11 rings (SSSR count). The van der Waals surface area contributed by atoms with Gasteiger partial charge in [0.25, 0.3) is 6.71 Å². The molecular weight excluding hydrogens is 784 g/mol. The van der Waals surface area contributed by atoms with Gasteiger partial charge in [0.05, 0.1) is 5.69 Å². The first-order valence-corrected chi connectivity index (χ1v) is 23.9. The van der Waals surface area contributed by atoms with Gasteiger partial charge >= 0.3 is 0 Å². The minimum atomic E-state index is -2.38. The summed E-state index contributed by atoms with van der Waals surface area (Å²) in [4.78, 5) is 4.91. The third kappa shape index (κ3) is 6.35. The second-order valence-electron chi connectivity index (χ2n) is 23.5. The minimum absolute atomic E-state index is 0.0274. The van der Waals surface area contributed by atoms with Crippen LogP contribution < -0.4 is 26.2 Å². The predicted molar refractivity (Wildman–Crippen MR) is 281 cm³/mol. The molecule has 0 unspecified atom stereocenters. The van der Waals surface area contributed by atoms with Crippen molar-refractivity contribution in [1.82, 2.24) is 0 Å². The Morgan fingerprint density at radius 2 is 1.00 bits per heavy atom. The maximum absolute atomic E-state index is 9.21. The minimum Gasteiger partial charge on any atom is -0.311 e. The molecule has 0 radical (unpaired) electrons. The Kier molecular flexibility index (Phi) is 8.21. The van der Waals surface area contributed by atoms with E-state index in [4.69, 9.17) is 0 Å². The summed E-state index contributed by atoms with van der Waals surface area (Å²) in [6.45, 7) is 25.7. The number of rotatable bonds is 4. The van der Waals surface area contributed by atoms with Crippen LogP contribution in [0.4, 0.5) is 34.1 Å². The van der Waals surface area contributed by atoms with E-state index in [9.17, 15) is 4.11 Å². The highest BCUT2D eigenvalue weighted by Gasteiger charge is 2.49. The van der Waals surface area contributed by atoms with Crippen LogP contribution in [-0.2, 0) is 27.1 Å². The fourth-order valence-corrected chi connectivity index (χ4v) is 13.2. The SMILES string of the molecule is [2H]C([2H])([2H])c1cc2c3c(c1)N(c1ccc(C(C)(C)C)cc1-c1ccccc1)c1cc4c(cc1B3c1ccc(-c3ccccc3)cc1N2c1cc2c(cc1C)C(C)(C)CC2(C)C)C(C)(C)CC4(C)C. The highest BCUT2D eigenvalue weighted by molar-refractivity contribution is 7.00. The molecule has 3 heteroatoms. The number of hydrogen-bond donors (Lipinski definition) is 0. The molecule has 7 aromatic carbocycles. The van der Waals surface area contributed by atoms with Crippen LogP contribution in [0.1, 0.15) is 132 Å². The lowest BCUT2D eigenvalue weighted by Gasteiger charge is -2.46. The van der Waals surface area contributed by atoms with Crippen molar-refractivity contribution in [2.24, 2.45) is 0 Å². The third-order valence-electron chi connectivity index (χ3n) is 15.8. The average molecular weight is 852 g/mol. The molecule has 7 aromatic rings. The van der Waals surface area contributed by atoms with E-state index in [-0.39, 0.29) is 33.8 Å². The number of hydrogen-bond acceptors (Lipinski definition) is 2. The summed E-state index contributed by atoms with van der Waals surface area (Å²) in [5.41, 5.74) is 22.4. The molecule has 0 bridgehead atoms. The fourth-order valence-electron chi connectivity index (χ4n) is 13.2. The summed E-state index contributed by atoms with van der Waals surface area (Å²) in [6, 6.07) is 49.4. The largest absolute Gasteiger partial charge is 0.311 e. The van der Waals surface area contributed by atoms with Crippen molar-refractivity contribution in [3.63, 3.8) is 0 Å². The van der Waals surface area contributed by atoms with Gasteiger partial charge in [0.15, 0.2) is 0 Å². The Bertz CT molecular complexity index is 3220. The zero-order chi connectivity index (χ0) is 48.2. The maximum atomic E-state index is 9.21. The molecule has 2 nitrogen and oxygen atoms in total. The Balaban J connectivity index is 1.30. The molecule has 0 fully saturated rings. The van der Waals surface area contributed by atoms with E-state index in [0.717, 1.165) is 74.7 Å². The molecule has 0 spiro atoms. The van der Waals surface area contributed by atoms with Crippen LogP contribution in [0, 0.1) is 13.8 Å². The third-order valence-corrected chi connectivity index (χ3v) is 15.8. The summed E-state index contributed by atoms with van der Waals surface area (Å²) in [7, 11) is 0. The van der Waals surface area contributed by atoms with Crippen molar-refractivity contribution in [2.45, 2.75) is 130 Å². The van der Waals surface area contributed by atoms with Gasteiger partial charge in [0.1, 0.15) is 0 Å². The van der Waals surface area contributed by atoms with Crippen molar-refractivity contribution < 1.29 is 4.11 Å². The first-order chi connectivity index (χ1) is 31.9. The summed E-state index contributed by atoms with van der Waals surface area (Å²) in [5.74, 6) is 0.